The maximum Gasteiger partial charge on any atom is 0.158 e. The fraction of sp³-hybridized carbons (Fsp3) is 0.714. The van der Waals surface area contributed by atoms with Gasteiger partial charge in [-0.1, -0.05) is 12.1 Å². The van der Waals surface area contributed by atoms with Gasteiger partial charge >= 0.3 is 0 Å². The Hall–Kier alpha value is -0.430. The molecule has 4 saturated carbocycles. The fourth-order valence-electron chi connectivity index (χ4n) is 6.58. The largest absolute Gasteiger partial charge is 0.158 e. The highest BCUT2D eigenvalue weighted by atomic mass is 32.2. The standard InChI is InChI=1S/C21H29S/c1-15-4-5-19(11-20(15)22-6-2-3-7-22)21-12-16-8-17(13-21)10-18(9-16)14-21/h4-5,11,16-18H,2-3,6-10,12-14H2,1H3/q+1. The van der Waals surface area contributed by atoms with Gasteiger partial charge in [-0.05, 0) is 93.1 Å². The number of hydrogen-bond acceptors (Lipinski definition) is 0. The van der Waals surface area contributed by atoms with Gasteiger partial charge in [-0.25, -0.2) is 0 Å². The highest BCUT2D eigenvalue weighted by molar-refractivity contribution is 7.97. The van der Waals surface area contributed by atoms with E-state index < -0.39 is 0 Å². The molecule has 22 heavy (non-hydrogen) atoms. The van der Waals surface area contributed by atoms with E-state index >= 15 is 0 Å². The predicted molar refractivity (Wildman–Crippen MR) is 95.6 cm³/mol. The Labute approximate surface area is 138 Å². The molecule has 1 heterocycles. The summed E-state index contributed by atoms with van der Waals surface area (Å²) in [6.07, 6.45) is 12.1. The number of hydrogen-bond donors (Lipinski definition) is 0. The molecule has 0 spiro atoms. The lowest BCUT2D eigenvalue weighted by Gasteiger charge is -2.57. The van der Waals surface area contributed by atoms with Crippen molar-refractivity contribution in [3.05, 3.63) is 29.3 Å². The summed E-state index contributed by atoms with van der Waals surface area (Å²) < 4.78 is 0. The molecule has 5 aliphatic rings. The van der Waals surface area contributed by atoms with Gasteiger partial charge in [0, 0.05) is 16.5 Å². The van der Waals surface area contributed by atoms with E-state index in [1.165, 1.54) is 43.6 Å². The zero-order valence-electron chi connectivity index (χ0n) is 13.9. The summed E-state index contributed by atoms with van der Waals surface area (Å²) >= 11 is 0. The number of benzene rings is 1. The van der Waals surface area contributed by atoms with Crippen LogP contribution < -0.4 is 0 Å². The molecule has 5 fully saturated rings. The average molecular weight is 314 g/mol. The first-order valence-electron chi connectivity index (χ1n) is 9.50. The third-order valence-electron chi connectivity index (χ3n) is 7.18. The fourth-order valence-corrected chi connectivity index (χ4v) is 9.15. The molecule has 4 bridgehead atoms. The SMILES string of the molecule is Cc1ccc(C23CC4CC(CC(C4)C2)C3)cc1[S+]1CCCC1. The van der Waals surface area contributed by atoms with Gasteiger partial charge in [-0.2, -0.15) is 0 Å². The lowest BCUT2D eigenvalue weighted by atomic mass is 9.48. The molecule has 0 aromatic heterocycles. The minimum Gasteiger partial charge on any atom is -0.0578 e. The maximum atomic E-state index is 2.69. The summed E-state index contributed by atoms with van der Waals surface area (Å²) in [5.41, 5.74) is 3.89. The van der Waals surface area contributed by atoms with Crippen LogP contribution >= 0.6 is 0 Å². The second-order valence-corrected chi connectivity index (χ2v) is 11.0. The van der Waals surface area contributed by atoms with E-state index in [1.54, 1.807) is 35.3 Å². The van der Waals surface area contributed by atoms with E-state index in [9.17, 15) is 0 Å². The van der Waals surface area contributed by atoms with Gasteiger partial charge < -0.3 is 0 Å². The van der Waals surface area contributed by atoms with Crippen molar-refractivity contribution in [1.82, 2.24) is 0 Å². The molecule has 0 radical (unpaired) electrons. The van der Waals surface area contributed by atoms with Crippen molar-refractivity contribution in [2.45, 2.75) is 68.6 Å². The molecule has 1 aliphatic heterocycles. The van der Waals surface area contributed by atoms with Crippen LogP contribution in [0.2, 0.25) is 0 Å². The summed E-state index contributed by atoms with van der Waals surface area (Å²) in [5.74, 6) is 6.11. The third kappa shape index (κ3) is 2.11. The zero-order valence-corrected chi connectivity index (χ0v) is 14.8. The first-order valence-corrected chi connectivity index (χ1v) is 11.1. The summed E-state index contributed by atoms with van der Waals surface area (Å²) in [6.45, 7) is 2.35. The van der Waals surface area contributed by atoms with Crippen LogP contribution in [0.25, 0.3) is 0 Å². The lowest BCUT2D eigenvalue weighted by Crippen LogP contribution is -2.48. The van der Waals surface area contributed by atoms with Crippen molar-refractivity contribution in [3.8, 4) is 0 Å². The zero-order chi connectivity index (χ0) is 14.7. The van der Waals surface area contributed by atoms with Crippen LogP contribution in [0.1, 0.15) is 62.5 Å². The molecule has 0 nitrogen and oxygen atoms in total. The molecule has 0 unspecified atom stereocenters. The van der Waals surface area contributed by atoms with Gasteiger partial charge in [0.05, 0.1) is 0 Å². The van der Waals surface area contributed by atoms with Gasteiger partial charge in [-0.15, -0.1) is 0 Å². The van der Waals surface area contributed by atoms with E-state index in [1.807, 2.05) is 0 Å². The second kappa shape index (κ2) is 5.03. The summed E-state index contributed by atoms with van der Waals surface area (Å²) in [5, 5.41) is 0. The molecule has 1 saturated heterocycles. The summed E-state index contributed by atoms with van der Waals surface area (Å²) in [7, 11) is 0.574. The second-order valence-electron chi connectivity index (χ2n) is 8.79. The van der Waals surface area contributed by atoms with Crippen LogP contribution in [0.3, 0.4) is 0 Å². The average Bonchev–Trinajstić information content (AvgIpc) is 3.00. The molecule has 6 rings (SSSR count). The van der Waals surface area contributed by atoms with E-state index in [0.29, 0.717) is 16.3 Å². The Balaban J connectivity index is 1.53. The normalized spacial score (nSPS) is 40.5. The van der Waals surface area contributed by atoms with E-state index in [-0.39, 0.29) is 0 Å². The quantitative estimate of drug-likeness (QED) is 0.656. The molecular formula is C21H29S+. The monoisotopic (exact) mass is 313 g/mol. The Morgan fingerprint density at radius 3 is 2.09 bits per heavy atom. The molecule has 118 valence electrons. The van der Waals surface area contributed by atoms with Crippen LogP contribution in [0.15, 0.2) is 23.1 Å². The predicted octanol–water partition coefficient (Wildman–Crippen LogP) is 5.23. The first-order chi connectivity index (χ1) is 10.7. The van der Waals surface area contributed by atoms with Crippen molar-refractivity contribution >= 4 is 10.9 Å². The van der Waals surface area contributed by atoms with Gasteiger partial charge in [0.15, 0.2) is 4.90 Å². The Bertz CT molecular complexity index is 546. The van der Waals surface area contributed by atoms with Crippen LogP contribution in [-0.2, 0) is 16.3 Å². The molecule has 0 atom stereocenters. The van der Waals surface area contributed by atoms with Crippen molar-refractivity contribution in [1.29, 1.82) is 0 Å². The van der Waals surface area contributed by atoms with Crippen molar-refractivity contribution in [2.24, 2.45) is 17.8 Å². The lowest BCUT2D eigenvalue weighted by molar-refractivity contribution is -0.00528. The maximum absolute atomic E-state index is 2.69. The van der Waals surface area contributed by atoms with E-state index in [2.05, 4.69) is 25.1 Å². The smallest absolute Gasteiger partial charge is 0.0578 e. The first kappa shape index (κ1) is 14.0. The molecule has 1 aromatic rings. The minimum absolute atomic E-state index is 0.574. The number of rotatable bonds is 2. The number of aryl methyl sites for hydroxylation is 1. The molecule has 0 N–H and O–H groups in total. The summed E-state index contributed by atoms with van der Waals surface area (Å²) in [6, 6.07) is 7.68. The third-order valence-corrected chi connectivity index (χ3v) is 9.81. The van der Waals surface area contributed by atoms with Crippen molar-refractivity contribution < 1.29 is 0 Å². The minimum atomic E-state index is 0.574. The van der Waals surface area contributed by atoms with Gasteiger partial charge in [0.1, 0.15) is 11.5 Å². The molecule has 1 aromatic carbocycles. The van der Waals surface area contributed by atoms with E-state index in [4.69, 9.17) is 0 Å². The molecular weight excluding hydrogens is 284 g/mol. The van der Waals surface area contributed by atoms with Crippen LogP contribution in [0, 0.1) is 24.7 Å². The Morgan fingerprint density at radius 1 is 0.909 bits per heavy atom. The highest BCUT2D eigenvalue weighted by Gasteiger charge is 2.51. The van der Waals surface area contributed by atoms with Gasteiger partial charge in [0.2, 0.25) is 0 Å². The van der Waals surface area contributed by atoms with Crippen molar-refractivity contribution in [3.63, 3.8) is 0 Å². The van der Waals surface area contributed by atoms with Crippen LogP contribution in [-0.4, -0.2) is 11.5 Å². The van der Waals surface area contributed by atoms with Crippen LogP contribution in [0.4, 0.5) is 0 Å². The highest BCUT2D eigenvalue weighted by Crippen LogP contribution is 2.60. The molecule has 0 amide bonds. The molecule has 4 aliphatic carbocycles. The van der Waals surface area contributed by atoms with Gasteiger partial charge in [0.25, 0.3) is 0 Å². The van der Waals surface area contributed by atoms with Crippen molar-refractivity contribution in [2.75, 3.05) is 11.5 Å². The molecule has 1 heteroatoms. The Morgan fingerprint density at radius 2 is 1.50 bits per heavy atom. The Kier molecular flexibility index (Phi) is 3.19. The summed E-state index contributed by atoms with van der Waals surface area (Å²) in [4.78, 5) is 1.74. The van der Waals surface area contributed by atoms with Crippen LogP contribution in [0.5, 0.6) is 0 Å². The topological polar surface area (TPSA) is 0 Å². The van der Waals surface area contributed by atoms with Gasteiger partial charge in [-0.3, -0.25) is 0 Å². The van der Waals surface area contributed by atoms with E-state index in [0.717, 1.165) is 17.8 Å².